The zero-order valence-corrected chi connectivity index (χ0v) is 27.0. The topological polar surface area (TPSA) is 89.9 Å². The lowest BCUT2D eigenvalue weighted by atomic mass is 10.0. The molecule has 0 saturated heterocycles. The van der Waals surface area contributed by atoms with Crippen molar-refractivity contribution in [3.05, 3.63) is 0 Å². The maximum Gasteiger partial charge on any atom is 0.306 e. The Hall–Kier alpha value is -1.43. The Labute approximate surface area is 253 Å². The quantitative estimate of drug-likeness (QED) is 0.0483. The molecule has 0 aromatic carbocycles. The van der Waals surface area contributed by atoms with Gasteiger partial charge in [-0.2, -0.15) is 0 Å². The van der Waals surface area contributed by atoms with Gasteiger partial charge in [-0.1, -0.05) is 110 Å². The van der Waals surface area contributed by atoms with Crippen molar-refractivity contribution in [2.75, 3.05) is 13.2 Å². The van der Waals surface area contributed by atoms with Gasteiger partial charge in [-0.3, -0.25) is 9.59 Å². The molecule has 0 amide bonds. The second-order valence-electron chi connectivity index (χ2n) is 12.0. The van der Waals surface area contributed by atoms with Crippen molar-refractivity contribution in [1.29, 1.82) is 0 Å². The van der Waals surface area contributed by atoms with Gasteiger partial charge < -0.3 is 19.4 Å². The second kappa shape index (κ2) is 31.5. The number of rotatable bonds is 32. The molecule has 6 nitrogen and oxygen atoms in total. The molecule has 0 bridgehead atoms. The second-order valence-corrected chi connectivity index (χ2v) is 12.0. The molecule has 0 aliphatic rings. The van der Waals surface area contributed by atoms with Crippen LogP contribution in [0.1, 0.15) is 181 Å². The lowest BCUT2D eigenvalue weighted by Crippen LogP contribution is -2.18. The van der Waals surface area contributed by atoms with Crippen molar-refractivity contribution in [3.63, 3.8) is 0 Å². The van der Waals surface area contributed by atoms with E-state index in [2.05, 4.69) is 13.8 Å². The molecule has 0 saturated carbocycles. The molecular weight excluding hydrogens is 516 g/mol. The van der Waals surface area contributed by atoms with E-state index in [4.69, 9.17) is 9.47 Å². The Morgan fingerprint density at radius 3 is 1.61 bits per heavy atom. The fourth-order valence-electron chi connectivity index (χ4n) is 5.23. The Kier molecular flexibility index (Phi) is 30.4. The summed E-state index contributed by atoms with van der Waals surface area (Å²) < 4.78 is 11.3. The molecular formula is C35H66O6. The maximum absolute atomic E-state index is 12.5. The van der Waals surface area contributed by atoms with Crippen LogP contribution in [0.5, 0.6) is 0 Å². The molecule has 242 valence electrons. The van der Waals surface area contributed by atoms with Gasteiger partial charge in [0.1, 0.15) is 12.4 Å². The highest BCUT2D eigenvalue weighted by Crippen LogP contribution is 2.18. The Balaban J connectivity index is 4.03. The van der Waals surface area contributed by atoms with Crippen LogP contribution in [0.15, 0.2) is 0 Å². The van der Waals surface area contributed by atoms with Crippen LogP contribution in [-0.4, -0.2) is 42.6 Å². The molecule has 0 spiro atoms. The van der Waals surface area contributed by atoms with Crippen molar-refractivity contribution in [3.8, 4) is 0 Å². The highest BCUT2D eigenvalue weighted by molar-refractivity contribution is 5.69. The van der Waals surface area contributed by atoms with E-state index in [9.17, 15) is 19.5 Å². The van der Waals surface area contributed by atoms with Crippen LogP contribution < -0.4 is 0 Å². The third-order valence-electron chi connectivity index (χ3n) is 7.99. The van der Waals surface area contributed by atoms with Crippen molar-refractivity contribution in [2.45, 2.75) is 187 Å². The third-order valence-corrected chi connectivity index (χ3v) is 7.99. The molecule has 0 aliphatic carbocycles. The molecule has 0 aliphatic heterocycles. The van der Waals surface area contributed by atoms with E-state index in [0.717, 1.165) is 89.8 Å². The summed E-state index contributed by atoms with van der Waals surface area (Å²) in [6, 6.07) is 0. The van der Waals surface area contributed by atoms with E-state index >= 15 is 0 Å². The van der Waals surface area contributed by atoms with E-state index < -0.39 is 0 Å². The predicted octanol–water partition coefficient (Wildman–Crippen LogP) is 9.43. The summed E-state index contributed by atoms with van der Waals surface area (Å²) in [5.74, 6) is -0.284. The average molecular weight is 583 g/mol. The van der Waals surface area contributed by atoms with Crippen LogP contribution in [0, 0.1) is 5.92 Å². The number of ether oxygens (including phenoxy) is 2. The first kappa shape index (κ1) is 39.6. The van der Waals surface area contributed by atoms with Gasteiger partial charge in [0.25, 0.3) is 0 Å². The number of hydrogen-bond acceptors (Lipinski definition) is 6. The molecule has 0 rings (SSSR count). The highest BCUT2D eigenvalue weighted by atomic mass is 16.5. The van der Waals surface area contributed by atoms with Crippen molar-refractivity contribution in [2.24, 2.45) is 5.92 Å². The fourth-order valence-corrected chi connectivity index (χ4v) is 5.23. The number of carbonyl (C=O) groups excluding carboxylic acids is 3. The summed E-state index contributed by atoms with van der Waals surface area (Å²) in [5, 5.41) is 9.54. The molecule has 0 aromatic rings. The molecule has 1 atom stereocenters. The normalized spacial score (nSPS) is 12.0. The Morgan fingerprint density at radius 2 is 1.07 bits per heavy atom. The van der Waals surface area contributed by atoms with Crippen LogP contribution in [0.2, 0.25) is 0 Å². The van der Waals surface area contributed by atoms with Gasteiger partial charge in [-0.25, -0.2) is 0 Å². The lowest BCUT2D eigenvalue weighted by molar-refractivity contribution is -0.150. The smallest absolute Gasteiger partial charge is 0.306 e. The molecule has 6 heteroatoms. The maximum atomic E-state index is 12.5. The SMILES string of the molecule is CCCCCCCCC(CCCCCCCC)OC(=O)CCCCCCC(=O)OCC(CO)CCCCCCC=O. The van der Waals surface area contributed by atoms with Gasteiger partial charge in [-0.05, 0) is 51.4 Å². The zero-order valence-electron chi connectivity index (χ0n) is 27.0. The monoisotopic (exact) mass is 582 g/mol. The van der Waals surface area contributed by atoms with Crippen LogP contribution in [0.25, 0.3) is 0 Å². The predicted molar refractivity (Wildman–Crippen MR) is 169 cm³/mol. The van der Waals surface area contributed by atoms with Gasteiger partial charge in [0.2, 0.25) is 0 Å². The minimum atomic E-state index is -0.207. The summed E-state index contributed by atoms with van der Waals surface area (Å²) in [6.45, 7) is 4.78. The summed E-state index contributed by atoms with van der Waals surface area (Å²) >= 11 is 0. The fraction of sp³-hybridized carbons (Fsp3) is 0.914. The molecule has 0 aromatic heterocycles. The van der Waals surface area contributed by atoms with Gasteiger partial charge in [0.05, 0.1) is 6.61 Å². The van der Waals surface area contributed by atoms with E-state index in [1.807, 2.05) is 0 Å². The Bertz CT molecular complexity index is 577. The number of carbonyl (C=O) groups is 3. The van der Waals surface area contributed by atoms with Crippen molar-refractivity contribution in [1.82, 2.24) is 0 Å². The van der Waals surface area contributed by atoms with Gasteiger partial charge in [-0.15, -0.1) is 0 Å². The number of esters is 2. The number of unbranched alkanes of at least 4 members (excludes halogenated alkanes) is 17. The van der Waals surface area contributed by atoms with Crippen LogP contribution in [0.4, 0.5) is 0 Å². The first-order valence-electron chi connectivity index (χ1n) is 17.5. The van der Waals surface area contributed by atoms with Gasteiger partial charge in [0, 0.05) is 31.8 Å². The zero-order chi connectivity index (χ0) is 30.2. The first-order valence-corrected chi connectivity index (χ1v) is 17.5. The highest BCUT2D eigenvalue weighted by Gasteiger charge is 2.15. The molecule has 1 N–H and O–H groups in total. The van der Waals surface area contributed by atoms with Gasteiger partial charge in [0.15, 0.2) is 0 Å². The van der Waals surface area contributed by atoms with Crippen LogP contribution in [0.3, 0.4) is 0 Å². The third kappa shape index (κ3) is 28.5. The number of aliphatic hydroxyl groups is 1. The average Bonchev–Trinajstić information content (AvgIpc) is 2.97. The minimum absolute atomic E-state index is 0.0121. The lowest BCUT2D eigenvalue weighted by Gasteiger charge is -2.18. The van der Waals surface area contributed by atoms with E-state index in [1.165, 1.54) is 64.2 Å². The van der Waals surface area contributed by atoms with Crippen LogP contribution in [-0.2, 0) is 23.9 Å². The minimum Gasteiger partial charge on any atom is -0.465 e. The largest absolute Gasteiger partial charge is 0.465 e. The summed E-state index contributed by atoms with van der Waals surface area (Å²) in [7, 11) is 0. The summed E-state index contributed by atoms with van der Waals surface area (Å²) in [6.07, 6.45) is 27.7. The summed E-state index contributed by atoms with van der Waals surface area (Å²) in [4.78, 5) is 35.0. The van der Waals surface area contributed by atoms with E-state index in [0.29, 0.717) is 19.3 Å². The van der Waals surface area contributed by atoms with E-state index in [1.54, 1.807) is 0 Å². The standard InChI is InChI=1S/C35H66O6/c1-3-5-7-9-13-19-25-33(26-20-14-10-8-6-4-2)41-35(39)28-22-16-15-21-27-34(38)40-31-32(30-37)24-18-12-11-17-23-29-36/h29,32-33,37H,3-28,30-31H2,1-2H3. The van der Waals surface area contributed by atoms with Gasteiger partial charge >= 0.3 is 11.9 Å². The molecule has 1 unspecified atom stereocenters. The molecule has 0 fully saturated rings. The first-order chi connectivity index (χ1) is 20.1. The molecule has 0 heterocycles. The van der Waals surface area contributed by atoms with E-state index in [-0.39, 0.29) is 37.2 Å². The summed E-state index contributed by atoms with van der Waals surface area (Å²) in [5.41, 5.74) is 0. The number of hydrogen-bond donors (Lipinski definition) is 1. The number of aliphatic hydroxyl groups excluding tert-OH is 1. The Morgan fingerprint density at radius 1 is 0.610 bits per heavy atom. The molecule has 0 radical (unpaired) electrons. The molecule has 41 heavy (non-hydrogen) atoms. The van der Waals surface area contributed by atoms with Crippen LogP contribution >= 0.6 is 0 Å². The van der Waals surface area contributed by atoms with Crippen molar-refractivity contribution < 1.29 is 29.0 Å². The number of aldehydes is 1. The van der Waals surface area contributed by atoms with Crippen molar-refractivity contribution >= 4 is 18.2 Å².